The Labute approximate surface area is 114 Å². The summed E-state index contributed by atoms with van der Waals surface area (Å²) < 4.78 is 0. The highest BCUT2D eigenvalue weighted by Gasteiger charge is 2.28. The Morgan fingerprint density at radius 1 is 1.39 bits per heavy atom. The van der Waals surface area contributed by atoms with Crippen molar-refractivity contribution in [1.82, 2.24) is 5.32 Å². The molecule has 0 heterocycles. The summed E-state index contributed by atoms with van der Waals surface area (Å²) in [6, 6.07) is 11.1. The zero-order chi connectivity index (χ0) is 13.0. The molecule has 3 unspecified atom stereocenters. The molecule has 0 bridgehead atoms. The van der Waals surface area contributed by atoms with Crippen LogP contribution in [0.1, 0.15) is 44.2 Å². The fourth-order valence-corrected chi connectivity index (χ4v) is 2.84. The molecule has 3 heteroatoms. The van der Waals surface area contributed by atoms with E-state index in [1.807, 2.05) is 12.1 Å². The molecule has 1 aromatic rings. The van der Waals surface area contributed by atoms with E-state index in [0.29, 0.717) is 12.1 Å². The molecule has 0 saturated heterocycles. The Morgan fingerprint density at radius 3 is 2.72 bits per heavy atom. The van der Waals surface area contributed by atoms with Crippen LogP contribution in [-0.4, -0.2) is 6.04 Å². The molecule has 0 spiro atoms. The van der Waals surface area contributed by atoms with E-state index in [2.05, 4.69) is 30.4 Å². The van der Waals surface area contributed by atoms with Crippen LogP contribution in [0.25, 0.3) is 0 Å². The Balaban J connectivity index is 2.05. The van der Waals surface area contributed by atoms with E-state index in [4.69, 9.17) is 16.9 Å². The van der Waals surface area contributed by atoms with Gasteiger partial charge in [-0.3, -0.25) is 0 Å². The van der Waals surface area contributed by atoms with Crippen LogP contribution in [0, 0.1) is 17.2 Å². The van der Waals surface area contributed by atoms with Gasteiger partial charge in [-0.05, 0) is 37.0 Å². The number of hydrogen-bond donors (Lipinski definition) is 1. The summed E-state index contributed by atoms with van der Waals surface area (Å²) in [5.41, 5.74) is 1.26. The van der Waals surface area contributed by atoms with Crippen molar-refractivity contribution >= 4 is 11.6 Å². The van der Waals surface area contributed by atoms with Crippen molar-refractivity contribution in [2.45, 2.75) is 44.7 Å². The molecule has 0 aromatic heterocycles. The van der Waals surface area contributed by atoms with Gasteiger partial charge in [0.1, 0.15) is 0 Å². The summed E-state index contributed by atoms with van der Waals surface area (Å²) in [4.78, 5) is 0. The van der Waals surface area contributed by atoms with Gasteiger partial charge in [-0.15, -0.1) is 0 Å². The van der Waals surface area contributed by atoms with Crippen molar-refractivity contribution in [3.05, 3.63) is 34.9 Å². The van der Waals surface area contributed by atoms with E-state index in [1.165, 1.54) is 5.56 Å². The molecule has 1 aliphatic carbocycles. The van der Waals surface area contributed by atoms with Crippen molar-refractivity contribution in [1.29, 1.82) is 5.26 Å². The van der Waals surface area contributed by atoms with Gasteiger partial charge in [0.05, 0.1) is 12.0 Å². The molecule has 1 saturated carbocycles. The number of rotatable bonds is 4. The number of hydrogen-bond acceptors (Lipinski definition) is 2. The van der Waals surface area contributed by atoms with Crippen LogP contribution < -0.4 is 5.32 Å². The van der Waals surface area contributed by atoms with Crippen molar-refractivity contribution in [3.8, 4) is 6.07 Å². The SMILES string of the molecule is CCC(NC1CCCC1C#N)c1ccc(Cl)cc1. The van der Waals surface area contributed by atoms with Crippen LogP contribution in [0.2, 0.25) is 5.02 Å². The monoisotopic (exact) mass is 262 g/mol. The van der Waals surface area contributed by atoms with E-state index in [0.717, 1.165) is 30.7 Å². The lowest BCUT2D eigenvalue weighted by molar-refractivity contribution is 0.394. The maximum Gasteiger partial charge on any atom is 0.0672 e. The molecule has 96 valence electrons. The first kappa shape index (κ1) is 13.4. The van der Waals surface area contributed by atoms with Gasteiger partial charge in [0.25, 0.3) is 0 Å². The first-order valence-corrected chi connectivity index (χ1v) is 7.03. The van der Waals surface area contributed by atoms with Crippen molar-refractivity contribution in [2.24, 2.45) is 5.92 Å². The second-order valence-electron chi connectivity index (χ2n) is 4.95. The summed E-state index contributed by atoms with van der Waals surface area (Å²) in [7, 11) is 0. The highest BCUT2D eigenvalue weighted by atomic mass is 35.5. The van der Waals surface area contributed by atoms with Gasteiger partial charge in [0.2, 0.25) is 0 Å². The average Bonchev–Trinajstić information content (AvgIpc) is 2.84. The minimum Gasteiger partial charge on any atom is -0.306 e. The quantitative estimate of drug-likeness (QED) is 0.888. The number of nitrogens with one attached hydrogen (secondary N) is 1. The summed E-state index contributed by atoms with van der Waals surface area (Å²) in [6.07, 6.45) is 4.33. The Kier molecular flexibility index (Phi) is 4.63. The third kappa shape index (κ3) is 3.04. The smallest absolute Gasteiger partial charge is 0.0672 e. The predicted molar refractivity (Wildman–Crippen MR) is 74.4 cm³/mol. The van der Waals surface area contributed by atoms with E-state index in [-0.39, 0.29) is 5.92 Å². The number of benzene rings is 1. The standard InChI is InChI=1S/C15H19ClN2/c1-2-14(11-6-8-13(16)9-7-11)18-15-5-3-4-12(15)10-17/h6-9,12,14-15,18H,2-5H2,1H3. The molecule has 0 radical (unpaired) electrons. The summed E-state index contributed by atoms with van der Waals surface area (Å²) in [5.74, 6) is 0.173. The molecular formula is C15H19ClN2. The zero-order valence-corrected chi connectivity index (χ0v) is 11.5. The summed E-state index contributed by atoms with van der Waals surface area (Å²) in [6.45, 7) is 2.17. The van der Waals surface area contributed by atoms with Crippen molar-refractivity contribution < 1.29 is 0 Å². The number of nitriles is 1. The first-order chi connectivity index (χ1) is 8.74. The second kappa shape index (κ2) is 6.22. The molecule has 2 rings (SSSR count). The molecule has 1 N–H and O–H groups in total. The van der Waals surface area contributed by atoms with E-state index < -0.39 is 0 Å². The molecule has 18 heavy (non-hydrogen) atoms. The molecular weight excluding hydrogens is 244 g/mol. The van der Waals surface area contributed by atoms with Crippen LogP contribution in [0.4, 0.5) is 0 Å². The lowest BCUT2D eigenvalue weighted by Gasteiger charge is -2.24. The van der Waals surface area contributed by atoms with E-state index >= 15 is 0 Å². The third-order valence-corrected chi connectivity index (χ3v) is 4.03. The Bertz CT molecular complexity index is 421. The number of nitrogens with zero attached hydrogens (tertiary/aromatic N) is 1. The van der Waals surface area contributed by atoms with Crippen molar-refractivity contribution in [2.75, 3.05) is 0 Å². The first-order valence-electron chi connectivity index (χ1n) is 6.65. The van der Waals surface area contributed by atoms with Crippen LogP contribution in [0.15, 0.2) is 24.3 Å². The van der Waals surface area contributed by atoms with Gasteiger partial charge in [-0.25, -0.2) is 0 Å². The fourth-order valence-electron chi connectivity index (χ4n) is 2.72. The third-order valence-electron chi connectivity index (χ3n) is 3.78. The van der Waals surface area contributed by atoms with E-state index in [1.54, 1.807) is 0 Å². The largest absolute Gasteiger partial charge is 0.306 e. The molecule has 2 nitrogen and oxygen atoms in total. The van der Waals surface area contributed by atoms with E-state index in [9.17, 15) is 0 Å². The molecule has 3 atom stereocenters. The molecule has 1 aliphatic rings. The fraction of sp³-hybridized carbons (Fsp3) is 0.533. The topological polar surface area (TPSA) is 35.8 Å². The van der Waals surface area contributed by atoms with Gasteiger partial charge >= 0.3 is 0 Å². The number of halogens is 1. The van der Waals surface area contributed by atoms with Crippen LogP contribution in [-0.2, 0) is 0 Å². The maximum absolute atomic E-state index is 9.12. The zero-order valence-electron chi connectivity index (χ0n) is 10.7. The highest BCUT2D eigenvalue weighted by Crippen LogP contribution is 2.28. The molecule has 1 aromatic carbocycles. The predicted octanol–water partition coefficient (Wildman–Crippen LogP) is 4.07. The molecule has 0 aliphatic heterocycles. The lowest BCUT2D eigenvalue weighted by atomic mass is 10.00. The summed E-state index contributed by atoms with van der Waals surface area (Å²) >= 11 is 5.91. The van der Waals surface area contributed by atoms with Crippen LogP contribution in [0.5, 0.6) is 0 Å². The summed E-state index contributed by atoms with van der Waals surface area (Å²) in [5, 5.41) is 13.5. The van der Waals surface area contributed by atoms with Crippen LogP contribution in [0.3, 0.4) is 0 Å². The lowest BCUT2D eigenvalue weighted by Crippen LogP contribution is -2.34. The maximum atomic E-state index is 9.12. The van der Waals surface area contributed by atoms with Crippen LogP contribution >= 0.6 is 11.6 Å². The van der Waals surface area contributed by atoms with Gasteiger partial charge in [0.15, 0.2) is 0 Å². The van der Waals surface area contributed by atoms with Gasteiger partial charge in [0, 0.05) is 17.1 Å². The highest BCUT2D eigenvalue weighted by molar-refractivity contribution is 6.30. The molecule has 1 fully saturated rings. The molecule has 0 amide bonds. The van der Waals surface area contributed by atoms with Crippen molar-refractivity contribution in [3.63, 3.8) is 0 Å². The minimum atomic E-state index is 0.173. The second-order valence-corrected chi connectivity index (χ2v) is 5.39. The Morgan fingerprint density at radius 2 is 2.11 bits per heavy atom. The van der Waals surface area contributed by atoms with Gasteiger partial charge in [-0.2, -0.15) is 5.26 Å². The normalized spacial score (nSPS) is 24.7. The van der Waals surface area contributed by atoms with Gasteiger partial charge in [-0.1, -0.05) is 37.1 Å². The Hall–Kier alpha value is -1.04. The van der Waals surface area contributed by atoms with Gasteiger partial charge < -0.3 is 5.32 Å². The average molecular weight is 263 g/mol. The minimum absolute atomic E-state index is 0.173.